The van der Waals surface area contributed by atoms with Crippen molar-refractivity contribution >= 4 is 11.4 Å². The molecule has 0 amide bonds. The number of aliphatic hydroxyl groups excluding tert-OH is 1. The van der Waals surface area contributed by atoms with Gasteiger partial charge in [0.25, 0.3) is 0 Å². The van der Waals surface area contributed by atoms with Crippen molar-refractivity contribution in [3.63, 3.8) is 0 Å². The average molecular weight is 285 g/mol. The Morgan fingerprint density at radius 1 is 1.14 bits per heavy atom. The summed E-state index contributed by atoms with van der Waals surface area (Å²) >= 11 is 0. The van der Waals surface area contributed by atoms with Crippen LogP contribution in [0.2, 0.25) is 0 Å². The van der Waals surface area contributed by atoms with E-state index in [2.05, 4.69) is 24.0 Å². The third-order valence-electron chi connectivity index (χ3n) is 4.08. The van der Waals surface area contributed by atoms with Gasteiger partial charge in [0.2, 0.25) is 0 Å². The molecule has 0 spiro atoms. The van der Waals surface area contributed by atoms with Crippen LogP contribution in [0.4, 0.5) is 15.8 Å². The summed E-state index contributed by atoms with van der Waals surface area (Å²) in [6.07, 6.45) is 0.206. The highest BCUT2D eigenvalue weighted by Gasteiger charge is 2.26. The van der Waals surface area contributed by atoms with E-state index in [0.29, 0.717) is 11.5 Å². The topological polar surface area (TPSA) is 23.5 Å². The van der Waals surface area contributed by atoms with Gasteiger partial charge >= 0.3 is 0 Å². The van der Waals surface area contributed by atoms with Crippen LogP contribution in [-0.2, 0) is 6.42 Å². The van der Waals surface area contributed by atoms with Crippen molar-refractivity contribution in [3.05, 3.63) is 59.4 Å². The molecule has 0 saturated carbocycles. The Labute approximate surface area is 124 Å². The van der Waals surface area contributed by atoms with Crippen LogP contribution >= 0.6 is 0 Å². The lowest BCUT2D eigenvalue weighted by molar-refractivity contribution is 0.194. The molecule has 0 aliphatic carbocycles. The zero-order valence-electron chi connectivity index (χ0n) is 12.4. The molecule has 0 radical (unpaired) electrons. The fourth-order valence-corrected chi connectivity index (χ4v) is 3.20. The van der Waals surface area contributed by atoms with Gasteiger partial charge in [-0.05, 0) is 43.0 Å². The Balaban J connectivity index is 2.15. The van der Waals surface area contributed by atoms with Crippen molar-refractivity contribution in [3.8, 4) is 0 Å². The molecule has 1 aliphatic rings. The molecule has 0 fully saturated rings. The van der Waals surface area contributed by atoms with Crippen LogP contribution in [0.5, 0.6) is 0 Å². The van der Waals surface area contributed by atoms with Crippen molar-refractivity contribution in [1.82, 2.24) is 0 Å². The van der Waals surface area contributed by atoms with E-state index in [1.807, 2.05) is 18.2 Å². The summed E-state index contributed by atoms with van der Waals surface area (Å²) in [4.78, 5) is 2.13. The second-order valence-electron chi connectivity index (χ2n) is 5.90. The SMILES string of the molecule is CC1Cc2ccccc2N(c2cccc(F)c2[C@H](C)O)C1. The van der Waals surface area contributed by atoms with Gasteiger partial charge in [-0.15, -0.1) is 0 Å². The lowest BCUT2D eigenvalue weighted by Crippen LogP contribution is -2.31. The van der Waals surface area contributed by atoms with Crippen LogP contribution in [0.3, 0.4) is 0 Å². The highest BCUT2D eigenvalue weighted by Crippen LogP contribution is 2.39. The Hall–Kier alpha value is -1.87. The van der Waals surface area contributed by atoms with Gasteiger partial charge in [-0.3, -0.25) is 0 Å². The number of halogens is 1. The summed E-state index contributed by atoms with van der Waals surface area (Å²) in [6.45, 7) is 4.64. The van der Waals surface area contributed by atoms with E-state index < -0.39 is 6.10 Å². The van der Waals surface area contributed by atoms with Crippen molar-refractivity contribution < 1.29 is 9.50 Å². The average Bonchev–Trinajstić information content (AvgIpc) is 2.45. The van der Waals surface area contributed by atoms with Crippen molar-refractivity contribution in [2.24, 2.45) is 5.92 Å². The Morgan fingerprint density at radius 3 is 2.62 bits per heavy atom. The second-order valence-corrected chi connectivity index (χ2v) is 5.90. The van der Waals surface area contributed by atoms with Crippen LogP contribution < -0.4 is 4.90 Å². The molecule has 3 rings (SSSR count). The minimum absolute atomic E-state index is 0.349. The molecule has 2 aromatic carbocycles. The first-order chi connectivity index (χ1) is 10.1. The molecule has 110 valence electrons. The van der Waals surface area contributed by atoms with Gasteiger partial charge in [0, 0.05) is 23.5 Å². The number of hydrogen-bond acceptors (Lipinski definition) is 2. The molecule has 2 nitrogen and oxygen atoms in total. The Morgan fingerprint density at radius 2 is 1.86 bits per heavy atom. The third kappa shape index (κ3) is 2.54. The largest absolute Gasteiger partial charge is 0.389 e. The monoisotopic (exact) mass is 285 g/mol. The maximum absolute atomic E-state index is 14.1. The molecule has 1 N–H and O–H groups in total. The summed E-state index contributed by atoms with van der Waals surface area (Å²) in [6, 6.07) is 13.2. The first-order valence-corrected chi connectivity index (χ1v) is 7.40. The third-order valence-corrected chi connectivity index (χ3v) is 4.08. The molecule has 2 atom stereocenters. The molecular weight excluding hydrogens is 265 g/mol. The van der Waals surface area contributed by atoms with Gasteiger partial charge in [-0.2, -0.15) is 0 Å². The predicted molar refractivity (Wildman–Crippen MR) is 83.3 cm³/mol. The fourth-order valence-electron chi connectivity index (χ4n) is 3.20. The quantitative estimate of drug-likeness (QED) is 0.893. The van der Waals surface area contributed by atoms with E-state index >= 15 is 0 Å². The Kier molecular flexibility index (Phi) is 3.68. The van der Waals surface area contributed by atoms with Gasteiger partial charge in [0.15, 0.2) is 0 Å². The van der Waals surface area contributed by atoms with Crippen molar-refractivity contribution in [1.29, 1.82) is 0 Å². The zero-order valence-corrected chi connectivity index (χ0v) is 12.4. The van der Waals surface area contributed by atoms with Gasteiger partial charge in [-0.1, -0.05) is 31.2 Å². The maximum Gasteiger partial charge on any atom is 0.131 e. The zero-order chi connectivity index (χ0) is 15.0. The van der Waals surface area contributed by atoms with Crippen LogP contribution in [0.25, 0.3) is 0 Å². The summed E-state index contributed by atoms with van der Waals surface area (Å²) in [5, 5.41) is 9.96. The first-order valence-electron chi connectivity index (χ1n) is 7.40. The maximum atomic E-state index is 14.1. The van der Waals surface area contributed by atoms with Crippen LogP contribution in [0.15, 0.2) is 42.5 Å². The number of para-hydroxylation sites is 1. The highest BCUT2D eigenvalue weighted by molar-refractivity contribution is 5.71. The molecule has 1 heterocycles. The molecular formula is C18H20FNO. The molecule has 0 aromatic heterocycles. The first kappa shape index (κ1) is 14.1. The molecule has 1 unspecified atom stereocenters. The normalized spacial score (nSPS) is 19.2. The van der Waals surface area contributed by atoms with Gasteiger partial charge in [0.05, 0.1) is 6.10 Å². The summed E-state index contributed by atoms with van der Waals surface area (Å²) < 4.78 is 14.1. The van der Waals surface area contributed by atoms with E-state index in [9.17, 15) is 9.50 Å². The molecule has 1 aliphatic heterocycles. The van der Waals surface area contributed by atoms with Gasteiger partial charge in [-0.25, -0.2) is 4.39 Å². The number of benzene rings is 2. The van der Waals surface area contributed by atoms with Gasteiger partial charge in [0.1, 0.15) is 5.82 Å². The van der Waals surface area contributed by atoms with E-state index in [1.165, 1.54) is 11.6 Å². The molecule has 0 bridgehead atoms. The summed E-state index contributed by atoms with van der Waals surface area (Å²) in [5.74, 6) is 0.142. The number of hydrogen-bond donors (Lipinski definition) is 1. The predicted octanol–water partition coefficient (Wildman–Crippen LogP) is 4.21. The lowest BCUT2D eigenvalue weighted by Gasteiger charge is -2.36. The van der Waals surface area contributed by atoms with Gasteiger partial charge < -0.3 is 10.0 Å². The van der Waals surface area contributed by atoms with Crippen LogP contribution in [0.1, 0.15) is 31.1 Å². The van der Waals surface area contributed by atoms with E-state index in [1.54, 1.807) is 13.0 Å². The number of rotatable bonds is 2. The van der Waals surface area contributed by atoms with Crippen LogP contribution in [0, 0.1) is 11.7 Å². The smallest absolute Gasteiger partial charge is 0.131 e. The number of anilines is 2. The minimum atomic E-state index is -0.828. The highest BCUT2D eigenvalue weighted by atomic mass is 19.1. The molecule has 0 saturated heterocycles. The summed E-state index contributed by atoms with van der Waals surface area (Å²) in [7, 11) is 0. The molecule has 3 heteroatoms. The van der Waals surface area contributed by atoms with Crippen molar-refractivity contribution in [2.45, 2.75) is 26.4 Å². The standard InChI is InChI=1S/C18H20FNO/c1-12-10-14-6-3-4-8-16(14)20(11-12)17-9-5-7-15(19)18(17)13(2)21/h3-9,12-13,21H,10-11H2,1-2H3/t12?,13-/m0/s1. The minimum Gasteiger partial charge on any atom is -0.389 e. The van der Waals surface area contributed by atoms with E-state index in [-0.39, 0.29) is 5.82 Å². The number of aliphatic hydroxyl groups is 1. The molecule has 2 aromatic rings. The van der Waals surface area contributed by atoms with Crippen molar-refractivity contribution in [2.75, 3.05) is 11.4 Å². The van der Waals surface area contributed by atoms with E-state index in [4.69, 9.17) is 0 Å². The second kappa shape index (κ2) is 5.49. The van der Waals surface area contributed by atoms with E-state index in [0.717, 1.165) is 24.3 Å². The number of nitrogens with zero attached hydrogens (tertiary/aromatic N) is 1. The number of fused-ring (bicyclic) bond motifs is 1. The Bertz CT molecular complexity index is 653. The summed E-state index contributed by atoms with van der Waals surface area (Å²) in [5.41, 5.74) is 3.53. The fraction of sp³-hybridized carbons (Fsp3) is 0.333. The molecule has 21 heavy (non-hydrogen) atoms. The lowest BCUT2D eigenvalue weighted by atomic mass is 9.92. The van der Waals surface area contributed by atoms with Crippen LogP contribution in [-0.4, -0.2) is 11.7 Å².